The van der Waals surface area contributed by atoms with E-state index in [9.17, 15) is 14.6 Å². The third kappa shape index (κ3) is 3.32. The number of aliphatic hydroxyl groups excluding tert-OH is 2. The minimum absolute atomic E-state index is 0.131. The summed E-state index contributed by atoms with van der Waals surface area (Å²) in [7, 11) is 0. The van der Waals surface area contributed by atoms with Crippen LogP contribution in [0.5, 0.6) is 0 Å². The molecule has 4 aromatic rings. The monoisotopic (exact) mass is 455 g/mol. The number of nitrogens with zero attached hydrogens (tertiary/aromatic N) is 5. The highest BCUT2D eigenvalue weighted by Crippen LogP contribution is 2.34. The number of hydrogen-bond acceptors (Lipinski definition) is 8. The fourth-order valence-corrected chi connectivity index (χ4v) is 4.23. The van der Waals surface area contributed by atoms with Crippen LogP contribution in [0.3, 0.4) is 0 Å². The summed E-state index contributed by atoms with van der Waals surface area (Å²) in [6, 6.07) is 3.98. The zero-order valence-corrected chi connectivity index (χ0v) is 17.4. The molecule has 3 unspecified atom stereocenters. The van der Waals surface area contributed by atoms with Gasteiger partial charge in [-0.1, -0.05) is 17.7 Å². The summed E-state index contributed by atoms with van der Waals surface area (Å²) in [6.07, 6.45) is 3.23. The Balaban J connectivity index is 1.42. The summed E-state index contributed by atoms with van der Waals surface area (Å²) in [6.45, 7) is 0. The van der Waals surface area contributed by atoms with Gasteiger partial charge in [0.05, 0.1) is 22.1 Å². The first-order valence-electron chi connectivity index (χ1n) is 9.88. The summed E-state index contributed by atoms with van der Waals surface area (Å²) in [5.74, 6) is -0.0371. The third-order valence-corrected chi connectivity index (χ3v) is 6.07. The zero-order chi connectivity index (χ0) is 22.6. The lowest BCUT2D eigenvalue weighted by molar-refractivity contribution is 0.0292. The van der Waals surface area contributed by atoms with E-state index in [-0.39, 0.29) is 22.0 Å². The Morgan fingerprint density at radius 1 is 1.06 bits per heavy atom. The highest BCUT2D eigenvalue weighted by atomic mass is 35.5. The average Bonchev–Trinajstić information content (AvgIpc) is 3.31. The first kappa shape index (κ1) is 20.6. The molecule has 1 aliphatic rings. The number of aryl methyl sites for hydroxylation is 1. The molecule has 0 spiro atoms. The second-order valence-electron chi connectivity index (χ2n) is 7.75. The average molecular weight is 456 g/mol. The largest absolute Gasteiger partial charge is 0.387 e. The number of hydrogen-bond donors (Lipinski definition) is 4. The van der Waals surface area contributed by atoms with Gasteiger partial charge in [0.2, 0.25) is 0 Å². The molecule has 3 atom stereocenters. The number of benzene rings is 1. The van der Waals surface area contributed by atoms with Gasteiger partial charge in [0.15, 0.2) is 5.65 Å². The molecule has 9 nitrogen and oxygen atoms in total. The number of rotatable bonds is 4. The van der Waals surface area contributed by atoms with Crippen molar-refractivity contribution < 1.29 is 14.6 Å². The molecular formula is C21H19ClFN7O2. The SMILES string of the molecule is Nc1nc2cc(CCC3=CC(n4ncc5c(N)ncnc54)C(O)C3O)cc(F)c2cc1Cl. The van der Waals surface area contributed by atoms with E-state index in [0.717, 1.165) is 0 Å². The summed E-state index contributed by atoms with van der Waals surface area (Å²) in [5.41, 5.74) is 13.8. The van der Waals surface area contributed by atoms with Gasteiger partial charge in [-0.05, 0) is 42.2 Å². The van der Waals surface area contributed by atoms with Crippen LogP contribution in [0.2, 0.25) is 5.02 Å². The van der Waals surface area contributed by atoms with Gasteiger partial charge in [0.25, 0.3) is 0 Å². The normalized spacial score (nSPS) is 20.9. The van der Waals surface area contributed by atoms with E-state index in [1.54, 1.807) is 12.1 Å². The van der Waals surface area contributed by atoms with Crippen LogP contribution in [-0.2, 0) is 6.42 Å². The van der Waals surface area contributed by atoms with Crippen LogP contribution in [0, 0.1) is 5.82 Å². The predicted molar refractivity (Wildman–Crippen MR) is 118 cm³/mol. The van der Waals surface area contributed by atoms with E-state index < -0.39 is 24.1 Å². The first-order valence-corrected chi connectivity index (χ1v) is 10.3. The molecule has 0 radical (unpaired) electrons. The predicted octanol–water partition coefficient (Wildman–Crippen LogP) is 2.17. The molecule has 1 aromatic carbocycles. The van der Waals surface area contributed by atoms with Gasteiger partial charge in [-0.3, -0.25) is 0 Å². The van der Waals surface area contributed by atoms with Crippen molar-refractivity contribution in [2.45, 2.75) is 31.1 Å². The summed E-state index contributed by atoms with van der Waals surface area (Å²) in [5, 5.41) is 26.5. The van der Waals surface area contributed by atoms with Gasteiger partial charge in [0.1, 0.15) is 42.0 Å². The van der Waals surface area contributed by atoms with Crippen LogP contribution in [0.25, 0.3) is 21.9 Å². The Morgan fingerprint density at radius 3 is 2.69 bits per heavy atom. The van der Waals surface area contributed by atoms with Crippen molar-refractivity contribution in [3.8, 4) is 0 Å². The Labute approximate surface area is 186 Å². The van der Waals surface area contributed by atoms with Gasteiger partial charge in [-0.2, -0.15) is 5.10 Å². The summed E-state index contributed by atoms with van der Waals surface area (Å²) in [4.78, 5) is 12.3. The van der Waals surface area contributed by atoms with Crippen molar-refractivity contribution in [3.05, 3.63) is 58.8 Å². The molecule has 0 bridgehead atoms. The number of fused-ring (bicyclic) bond motifs is 2. The molecule has 0 amide bonds. The molecular weight excluding hydrogens is 437 g/mol. The van der Waals surface area contributed by atoms with Crippen LogP contribution >= 0.6 is 11.6 Å². The van der Waals surface area contributed by atoms with E-state index in [1.165, 1.54) is 29.3 Å². The minimum Gasteiger partial charge on any atom is -0.387 e. The number of halogens is 2. The van der Waals surface area contributed by atoms with E-state index in [1.807, 2.05) is 0 Å². The summed E-state index contributed by atoms with van der Waals surface area (Å²) < 4.78 is 16.1. The number of aromatic nitrogens is 5. The number of nitrogens with two attached hydrogens (primary N) is 2. The van der Waals surface area contributed by atoms with Crippen molar-refractivity contribution in [2.75, 3.05) is 11.5 Å². The van der Waals surface area contributed by atoms with Crippen LogP contribution in [-0.4, -0.2) is 47.2 Å². The van der Waals surface area contributed by atoms with Crippen molar-refractivity contribution in [3.63, 3.8) is 0 Å². The molecule has 11 heteroatoms. The van der Waals surface area contributed by atoms with Gasteiger partial charge in [0, 0.05) is 5.39 Å². The lowest BCUT2D eigenvalue weighted by atomic mass is 10.0. The third-order valence-electron chi connectivity index (χ3n) is 5.77. The Bertz CT molecular complexity index is 1390. The molecule has 32 heavy (non-hydrogen) atoms. The molecule has 0 saturated carbocycles. The molecule has 164 valence electrons. The van der Waals surface area contributed by atoms with Crippen LogP contribution < -0.4 is 11.5 Å². The molecule has 3 heterocycles. The highest BCUT2D eigenvalue weighted by Gasteiger charge is 2.36. The number of aliphatic hydroxyl groups is 2. The molecule has 0 fully saturated rings. The highest BCUT2D eigenvalue weighted by molar-refractivity contribution is 6.33. The van der Waals surface area contributed by atoms with E-state index in [4.69, 9.17) is 23.1 Å². The molecule has 1 aliphatic carbocycles. The number of pyridine rings is 1. The van der Waals surface area contributed by atoms with Crippen LogP contribution in [0.15, 0.2) is 42.4 Å². The minimum atomic E-state index is -1.11. The van der Waals surface area contributed by atoms with E-state index in [0.29, 0.717) is 40.5 Å². The molecule has 6 N–H and O–H groups in total. The second kappa shape index (κ2) is 7.66. The maximum Gasteiger partial charge on any atom is 0.163 e. The van der Waals surface area contributed by atoms with Gasteiger partial charge >= 0.3 is 0 Å². The fourth-order valence-electron chi connectivity index (χ4n) is 4.08. The molecule has 5 rings (SSSR count). The van der Waals surface area contributed by atoms with Gasteiger partial charge in [-0.25, -0.2) is 24.0 Å². The van der Waals surface area contributed by atoms with Crippen molar-refractivity contribution in [1.29, 1.82) is 0 Å². The zero-order valence-electron chi connectivity index (χ0n) is 16.7. The van der Waals surface area contributed by atoms with Crippen LogP contribution in [0.4, 0.5) is 16.0 Å². The lowest BCUT2D eigenvalue weighted by Crippen LogP contribution is -2.30. The van der Waals surface area contributed by atoms with E-state index >= 15 is 0 Å². The molecule has 0 aliphatic heterocycles. The Hall–Kier alpha value is -3.34. The Kier molecular flexibility index (Phi) is 4.92. The van der Waals surface area contributed by atoms with E-state index in [2.05, 4.69) is 20.1 Å². The summed E-state index contributed by atoms with van der Waals surface area (Å²) >= 11 is 5.94. The topological polar surface area (TPSA) is 149 Å². The smallest absolute Gasteiger partial charge is 0.163 e. The van der Waals surface area contributed by atoms with Crippen molar-refractivity contribution in [1.82, 2.24) is 24.7 Å². The number of anilines is 2. The number of nitrogen functional groups attached to an aromatic ring is 2. The maximum atomic E-state index is 14.5. The fraction of sp³-hybridized carbons (Fsp3) is 0.238. The van der Waals surface area contributed by atoms with Gasteiger partial charge in [-0.15, -0.1) is 0 Å². The van der Waals surface area contributed by atoms with Crippen LogP contribution in [0.1, 0.15) is 18.0 Å². The Morgan fingerprint density at radius 2 is 1.88 bits per heavy atom. The van der Waals surface area contributed by atoms with Crippen molar-refractivity contribution >= 4 is 45.2 Å². The lowest BCUT2D eigenvalue weighted by Gasteiger charge is -2.18. The standard InChI is InChI=1S/C21H19ClFN7O2/c22-13-6-11-14(23)3-9(4-15(11)29-20(13)25)1-2-10-5-16(18(32)17(10)31)30-21-12(7-28-30)19(24)26-8-27-21/h3-8,16-18,31-32H,1-2H2,(H2,25,29)(H2,24,26,27). The van der Waals surface area contributed by atoms with Gasteiger partial charge < -0.3 is 21.7 Å². The quantitative estimate of drug-likeness (QED) is 0.342. The first-order chi connectivity index (χ1) is 15.3. The maximum absolute atomic E-state index is 14.5. The molecule has 3 aromatic heterocycles. The van der Waals surface area contributed by atoms with Crippen molar-refractivity contribution in [2.24, 2.45) is 0 Å². The molecule has 0 saturated heterocycles. The second-order valence-corrected chi connectivity index (χ2v) is 8.16.